The van der Waals surface area contributed by atoms with Crippen LogP contribution in [0.25, 0.3) is 11.1 Å². The number of carbonyl (C=O) groups excluding carboxylic acids is 1. The van der Waals surface area contributed by atoms with Crippen LogP contribution < -0.4 is 14.8 Å². The van der Waals surface area contributed by atoms with E-state index in [0.717, 1.165) is 24.4 Å². The van der Waals surface area contributed by atoms with E-state index < -0.39 is 11.7 Å². The summed E-state index contributed by atoms with van der Waals surface area (Å²) in [7, 11) is 1.45. The van der Waals surface area contributed by atoms with Crippen LogP contribution >= 0.6 is 11.3 Å². The lowest BCUT2D eigenvalue weighted by molar-refractivity contribution is 0.102. The van der Waals surface area contributed by atoms with Gasteiger partial charge >= 0.3 is 0 Å². The average molecular weight is 511 g/mol. The van der Waals surface area contributed by atoms with Crippen molar-refractivity contribution in [1.29, 1.82) is 0 Å². The van der Waals surface area contributed by atoms with E-state index in [1.54, 1.807) is 25.1 Å². The molecule has 0 atom stereocenters. The molecule has 0 bridgehead atoms. The normalized spacial score (nSPS) is 13.8. The maximum absolute atomic E-state index is 14.7. The second-order valence-corrected chi connectivity index (χ2v) is 9.10. The second-order valence-electron chi connectivity index (χ2n) is 8.16. The summed E-state index contributed by atoms with van der Waals surface area (Å²) in [4.78, 5) is 17.3. The van der Waals surface area contributed by atoms with E-state index in [9.17, 15) is 9.18 Å². The predicted molar refractivity (Wildman–Crippen MR) is 136 cm³/mol. The van der Waals surface area contributed by atoms with Gasteiger partial charge in [-0.15, -0.1) is 5.10 Å². The minimum absolute atomic E-state index is 0.183. The molecule has 4 rings (SSSR count). The monoisotopic (exact) mass is 510 g/mol. The Hall–Kier alpha value is -3.63. The minimum Gasteiger partial charge on any atom is -0.496 e. The molecule has 0 fully saturated rings. The fourth-order valence-electron chi connectivity index (χ4n) is 3.69. The number of nitrogens with one attached hydrogen (secondary N) is 1. The summed E-state index contributed by atoms with van der Waals surface area (Å²) in [5.74, 6) is -0.679. The number of methoxy groups -OCH3 is 1. The number of rotatable bonds is 9. The van der Waals surface area contributed by atoms with Crippen LogP contribution in [0.1, 0.15) is 35.8 Å². The molecule has 1 aliphatic rings. The molecule has 0 saturated heterocycles. The number of ether oxygens (including phenoxy) is 3. The SMILES string of the molecule is COc1cccc(F)c1-c1cc(C)ncc1C(=O)Nc1nnc(OCC/C=C\C2=C(C)CCOC2)s1. The smallest absolute Gasteiger partial charge is 0.295 e. The third kappa shape index (κ3) is 6.13. The molecule has 1 aromatic carbocycles. The summed E-state index contributed by atoms with van der Waals surface area (Å²) < 4.78 is 31.2. The number of carbonyl (C=O) groups is 1. The Morgan fingerprint density at radius 3 is 2.97 bits per heavy atom. The van der Waals surface area contributed by atoms with Crippen molar-refractivity contribution in [2.75, 3.05) is 32.2 Å². The number of hydrogen-bond acceptors (Lipinski definition) is 8. The summed E-state index contributed by atoms with van der Waals surface area (Å²) in [6, 6.07) is 6.15. The first-order chi connectivity index (χ1) is 17.5. The highest BCUT2D eigenvalue weighted by atomic mass is 32.1. The molecule has 2 aromatic heterocycles. The quantitative estimate of drug-likeness (QED) is 0.387. The van der Waals surface area contributed by atoms with Crippen LogP contribution in [0.4, 0.5) is 9.52 Å². The summed E-state index contributed by atoms with van der Waals surface area (Å²) >= 11 is 1.11. The Labute approximate surface area is 212 Å². The van der Waals surface area contributed by atoms with Crippen LogP contribution in [0.15, 0.2) is 53.8 Å². The van der Waals surface area contributed by atoms with E-state index in [1.807, 2.05) is 6.08 Å². The van der Waals surface area contributed by atoms with Gasteiger partial charge in [-0.25, -0.2) is 4.39 Å². The predicted octanol–water partition coefficient (Wildman–Crippen LogP) is 5.37. The summed E-state index contributed by atoms with van der Waals surface area (Å²) in [5.41, 5.74) is 3.94. The Bertz CT molecular complexity index is 1300. The van der Waals surface area contributed by atoms with Crippen LogP contribution in [0.3, 0.4) is 0 Å². The molecule has 188 valence electrons. The first kappa shape index (κ1) is 25.5. The van der Waals surface area contributed by atoms with Crippen molar-refractivity contribution in [2.45, 2.75) is 26.7 Å². The fourth-order valence-corrected chi connectivity index (χ4v) is 4.30. The minimum atomic E-state index is -0.503. The highest BCUT2D eigenvalue weighted by Crippen LogP contribution is 2.35. The molecule has 0 radical (unpaired) electrons. The van der Waals surface area contributed by atoms with Crippen LogP contribution in [0.2, 0.25) is 0 Å². The van der Waals surface area contributed by atoms with Crippen molar-refractivity contribution in [2.24, 2.45) is 0 Å². The molecular formula is C26H27FN4O4S. The Morgan fingerprint density at radius 2 is 2.17 bits per heavy atom. The zero-order valence-electron chi connectivity index (χ0n) is 20.3. The molecule has 1 amide bonds. The third-order valence-electron chi connectivity index (χ3n) is 5.63. The van der Waals surface area contributed by atoms with Gasteiger partial charge in [0.15, 0.2) is 0 Å². The van der Waals surface area contributed by atoms with Crippen molar-refractivity contribution in [3.05, 3.63) is 70.8 Å². The standard InChI is InChI=1S/C26H27FN4O4S/c1-16-10-12-34-15-18(16)7-4-5-11-35-26-31-30-25(36-26)29-24(32)20-14-28-17(2)13-19(20)23-21(27)8-6-9-22(23)33-3/h4,6-9,13-14H,5,10-12,15H2,1-3H3,(H,29,30,32)/b7-4-. The van der Waals surface area contributed by atoms with E-state index in [-0.39, 0.29) is 16.3 Å². The van der Waals surface area contributed by atoms with Gasteiger partial charge in [-0.3, -0.25) is 15.1 Å². The largest absolute Gasteiger partial charge is 0.496 e. The average Bonchev–Trinajstić information content (AvgIpc) is 3.31. The zero-order valence-corrected chi connectivity index (χ0v) is 21.2. The first-order valence-electron chi connectivity index (χ1n) is 11.5. The summed E-state index contributed by atoms with van der Waals surface area (Å²) in [6.45, 7) is 5.73. The fraction of sp³-hybridized carbons (Fsp3) is 0.308. The van der Waals surface area contributed by atoms with Gasteiger partial charge in [-0.05, 0) is 61.8 Å². The third-order valence-corrected chi connectivity index (χ3v) is 6.38. The lowest BCUT2D eigenvalue weighted by Crippen LogP contribution is -2.14. The number of benzene rings is 1. The van der Waals surface area contributed by atoms with Gasteiger partial charge in [0.1, 0.15) is 11.6 Å². The van der Waals surface area contributed by atoms with E-state index >= 15 is 0 Å². The van der Waals surface area contributed by atoms with Gasteiger partial charge in [0.2, 0.25) is 5.13 Å². The summed E-state index contributed by atoms with van der Waals surface area (Å²) in [6.07, 6.45) is 7.18. The molecular weight excluding hydrogens is 483 g/mol. The van der Waals surface area contributed by atoms with Crippen LogP contribution in [0, 0.1) is 12.7 Å². The molecule has 0 unspecified atom stereocenters. The molecule has 0 aliphatic carbocycles. The van der Waals surface area contributed by atoms with Crippen LogP contribution in [-0.2, 0) is 4.74 Å². The molecule has 3 heterocycles. The van der Waals surface area contributed by atoms with Gasteiger partial charge < -0.3 is 14.2 Å². The molecule has 1 N–H and O–H groups in total. The maximum atomic E-state index is 14.7. The van der Waals surface area contributed by atoms with E-state index in [0.29, 0.717) is 41.8 Å². The molecule has 10 heteroatoms. The molecule has 1 aliphatic heterocycles. The Kier molecular flexibility index (Phi) is 8.40. The zero-order chi connectivity index (χ0) is 25.5. The van der Waals surface area contributed by atoms with Crippen molar-refractivity contribution >= 4 is 22.4 Å². The molecule has 8 nitrogen and oxygen atoms in total. The molecule has 0 saturated carbocycles. The summed E-state index contributed by atoms with van der Waals surface area (Å²) in [5, 5.41) is 11.3. The van der Waals surface area contributed by atoms with Crippen molar-refractivity contribution in [3.63, 3.8) is 0 Å². The molecule has 36 heavy (non-hydrogen) atoms. The Balaban J connectivity index is 1.41. The van der Waals surface area contributed by atoms with Crippen molar-refractivity contribution in [1.82, 2.24) is 15.2 Å². The highest BCUT2D eigenvalue weighted by Gasteiger charge is 2.21. The van der Waals surface area contributed by atoms with Gasteiger partial charge in [0.05, 0.1) is 38.1 Å². The number of halogens is 1. The number of hydrogen-bond donors (Lipinski definition) is 1. The number of aryl methyl sites for hydroxylation is 1. The van der Waals surface area contributed by atoms with Crippen LogP contribution in [0.5, 0.6) is 10.9 Å². The van der Waals surface area contributed by atoms with E-state index in [4.69, 9.17) is 14.2 Å². The van der Waals surface area contributed by atoms with Gasteiger partial charge in [0, 0.05) is 17.5 Å². The lowest BCUT2D eigenvalue weighted by atomic mass is 9.98. The molecule has 3 aromatic rings. The lowest BCUT2D eigenvalue weighted by Gasteiger charge is -2.15. The second kappa shape index (κ2) is 11.9. The van der Waals surface area contributed by atoms with Crippen LogP contribution in [-0.4, -0.2) is 48.0 Å². The Morgan fingerprint density at radius 1 is 1.31 bits per heavy atom. The number of anilines is 1. The van der Waals surface area contributed by atoms with Crippen molar-refractivity contribution < 1.29 is 23.4 Å². The van der Waals surface area contributed by atoms with Gasteiger partial charge in [-0.1, -0.05) is 28.9 Å². The van der Waals surface area contributed by atoms with Gasteiger partial charge in [-0.2, -0.15) is 0 Å². The van der Waals surface area contributed by atoms with E-state index in [2.05, 4.69) is 33.5 Å². The topological polar surface area (TPSA) is 95.5 Å². The number of amides is 1. The van der Waals surface area contributed by atoms with E-state index in [1.165, 1.54) is 30.5 Å². The number of pyridine rings is 1. The number of nitrogens with zero attached hydrogens (tertiary/aromatic N) is 3. The number of aromatic nitrogens is 3. The van der Waals surface area contributed by atoms with Crippen molar-refractivity contribution in [3.8, 4) is 22.1 Å². The van der Waals surface area contributed by atoms with Gasteiger partial charge in [0.25, 0.3) is 11.1 Å². The maximum Gasteiger partial charge on any atom is 0.295 e. The molecule has 0 spiro atoms. The first-order valence-corrected chi connectivity index (χ1v) is 12.3. The highest BCUT2D eigenvalue weighted by molar-refractivity contribution is 7.17.